The van der Waals surface area contributed by atoms with Gasteiger partial charge in [0.25, 0.3) is 0 Å². The van der Waals surface area contributed by atoms with Gasteiger partial charge in [0.05, 0.1) is 18.3 Å². The largest absolute Gasteiger partial charge is 0.512 e. The maximum atomic E-state index is 12.4. The van der Waals surface area contributed by atoms with Crippen LogP contribution in [0.2, 0.25) is 0 Å². The fraction of sp³-hybridized carbons (Fsp3) is 0.500. The van der Waals surface area contributed by atoms with E-state index in [1.54, 1.807) is 6.08 Å². The van der Waals surface area contributed by atoms with Gasteiger partial charge in [-0.25, -0.2) is 0 Å². The molecule has 25 heavy (non-hydrogen) atoms. The third-order valence-electron chi connectivity index (χ3n) is 5.54. The van der Waals surface area contributed by atoms with E-state index in [0.29, 0.717) is 24.8 Å². The maximum absolute atomic E-state index is 12.4. The second-order valence-corrected chi connectivity index (χ2v) is 7.33. The molecule has 1 saturated carbocycles. The van der Waals surface area contributed by atoms with Crippen molar-refractivity contribution in [2.24, 2.45) is 0 Å². The Morgan fingerprint density at radius 1 is 1.20 bits per heavy atom. The van der Waals surface area contributed by atoms with Gasteiger partial charge in [0.1, 0.15) is 0 Å². The summed E-state index contributed by atoms with van der Waals surface area (Å²) >= 11 is 0. The normalized spacial score (nSPS) is 22.6. The summed E-state index contributed by atoms with van der Waals surface area (Å²) in [5.41, 5.74) is 2.25. The number of carbonyl (C=O) groups excluding carboxylic acids is 1. The van der Waals surface area contributed by atoms with Gasteiger partial charge in [-0.15, -0.1) is 0 Å². The Balaban J connectivity index is 1.46. The van der Waals surface area contributed by atoms with Crippen LogP contribution in [0.1, 0.15) is 44.1 Å². The highest BCUT2D eigenvalue weighted by molar-refractivity contribution is 5.81. The molecule has 0 spiro atoms. The molecular formula is C20H25N3O2. The summed E-state index contributed by atoms with van der Waals surface area (Å²) in [5.74, 6) is 0.362. The van der Waals surface area contributed by atoms with Gasteiger partial charge in [0.2, 0.25) is 5.91 Å². The molecule has 0 aliphatic heterocycles. The summed E-state index contributed by atoms with van der Waals surface area (Å²) < 4.78 is 0. The summed E-state index contributed by atoms with van der Waals surface area (Å²) in [7, 11) is 0. The van der Waals surface area contributed by atoms with Crippen LogP contribution < -0.4 is 21.1 Å². The second kappa shape index (κ2) is 7.00. The van der Waals surface area contributed by atoms with Crippen LogP contribution in [0.4, 0.5) is 0 Å². The Morgan fingerprint density at radius 2 is 2.04 bits per heavy atom. The van der Waals surface area contributed by atoms with Crippen molar-refractivity contribution in [1.82, 2.24) is 15.6 Å². The number of aromatic nitrogens is 1. The summed E-state index contributed by atoms with van der Waals surface area (Å²) in [6, 6.07) is 0.420. The average Bonchev–Trinajstić information content (AvgIpc) is 2.86. The number of hydrogen-bond acceptors (Lipinski definition) is 4. The standard InChI is InChI=1S/C20H25N3O2/c24-16-7-6-13-10-21-11-14-8-18(17(9-16)20(13)14)23-19(25)12-22-15-4-2-1-3-5-15/h6-7,10-11,15,18,22,24H,1-5,8-9,12H2,(H,23,25). The van der Waals surface area contributed by atoms with Crippen molar-refractivity contribution in [3.8, 4) is 0 Å². The van der Waals surface area contributed by atoms with Crippen LogP contribution in [0.3, 0.4) is 0 Å². The minimum Gasteiger partial charge on any atom is -0.512 e. The van der Waals surface area contributed by atoms with E-state index in [9.17, 15) is 9.90 Å². The lowest BCUT2D eigenvalue weighted by Gasteiger charge is -2.23. The van der Waals surface area contributed by atoms with Gasteiger partial charge in [-0.3, -0.25) is 9.78 Å². The molecule has 132 valence electrons. The molecule has 0 radical (unpaired) electrons. The fourth-order valence-corrected chi connectivity index (χ4v) is 4.29. The zero-order chi connectivity index (χ0) is 17.2. The van der Waals surface area contributed by atoms with Crippen LogP contribution in [-0.4, -0.2) is 34.6 Å². The molecule has 3 N–H and O–H groups in total. The number of nitrogens with one attached hydrogen (secondary N) is 2. The lowest BCUT2D eigenvalue weighted by atomic mass is 9.95. The number of carbonyl (C=O) groups is 1. The van der Waals surface area contributed by atoms with E-state index in [1.165, 1.54) is 32.1 Å². The predicted molar refractivity (Wildman–Crippen MR) is 97.2 cm³/mol. The van der Waals surface area contributed by atoms with E-state index < -0.39 is 0 Å². The first-order chi connectivity index (χ1) is 12.2. The topological polar surface area (TPSA) is 74.2 Å². The van der Waals surface area contributed by atoms with Crippen molar-refractivity contribution in [3.63, 3.8) is 0 Å². The molecule has 3 aliphatic carbocycles. The van der Waals surface area contributed by atoms with E-state index in [1.807, 2.05) is 18.5 Å². The summed E-state index contributed by atoms with van der Waals surface area (Å²) in [5, 5.41) is 18.8. The van der Waals surface area contributed by atoms with Gasteiger partial charge in [-0.05, 0) is 47.8 Å². The number of aliphatic hydroxyl groups is 1. The number of allylic oxidation sites excluding steroid dienone is 2. The molecule has 3 aliphatic rings. The highest BCUT2D eigenvalue weighted by Crippen LogP contribution is 2.22. The van der Waals surface area contributed by atoms with Crippen LogP contribution >= 0.6 is 0 Å². The first-order valence-electron chi connectivity index (χ1n) is 9.29. The number of aliphatic hydroxyl groups excluding tert-OH is 1. The number of amides is 1. The van der Waals surface area contributed by atoms with Crippen molar-refractivity contribution in [3.05, 3.63) is 40.2 Å². The molecule has 1 unspecified atom stereocenters. The summed E-state index contributed by atoms with van der Waals surface area (Å²) in [6.07, 6.45) is 14.7. The van der Waals surface area contributed by atoms with Crippen molar-refractivity contribution in [2.75, 3.05) is 6.54 Å². The zero-order valence-electron chi connectivity index (χ0n) is 14.4. The quantitative estimate of drug-likeness (QED) is 0.759. The first kappa shape index (κ1) is 16.3. The number of hydrogen-bond donors (Lipinski definition) is 3. The highest BCUT2D eigenvalue weighted by Gasteiger charge is 2.27. The molecule has 5 nitrogen and oxygen atoms in total. The van der Waals surface area contributed by atoms with Crippen LogP contribution in [0, 0.1) is 0 Å². The van der Waals surface area contributed by atoms with E-state index in [0.717, 1.165) is 28.0 Å². The van der Waals surface area contributed by atoms with Crippen molar-refractivity contribution >= 4 is 17.6 Å². The molecule has 1 fully saturated rings. The van der Waals surface area contributed by atoms with Crippen LogP contribution in [-0.2, 0) is 11.2 Å². The highest BCUT2D eigenvalue weighted by atomic mass is 16.3. The van der Waals surface area contributed by atoms with Gasteiger partial charge in [-0.2, -0.15) is 0 Å². The van der Waals surface area contributed by atoms with Crippen molar-refractivity contribution < 1.29 is 9.90 Å². The molecule has 1 aromatic rings. The van der Waals surface area contributed by atoms with Crippen LogP contribution in [0.5, 0.6) is 0 Å². The maximum Gasteiger partial charge on any atom is 0.234 e. The molecule has 4 rings (SSSR count). The molecular weight excluding hydrogens is 314 g/mol. The molecule has 1 aromatic heterocycles. The molecule has 0 bridgehead atoms. The lowest BCUT2D eigenvalue weighted by Crippen LogP contribution is -2.44. The Morgan fingerprint density at radius 3 is 2.88 bits per heavy atom. The Bertz CT molecular complexity index is 822. The van der Waals surface area contributed by atoms with E-state index in [4.69, 9.17) is 0 Å². The van der Waals surface area contributed by atoms with Gasteiger partial charge < -0.3 is 15.7 Å². The fourth-order valence-electron chi connectivity index (χ4n) is 4.29. The molecule has 1 amide bonds. The van der Waals surface area contributed by atoms with E-state index in [2.05, 4.69) is 15.6 Å². The first-order valence-corrected chi connectivity index (χ1v) is 9.29. The Hall–Kier alpha value is -2.14. The average molecular weight is 339 g/mol. The summed E-state index contributed by atoms with van der Waals surface area (Å²) in [4.78, 5) is 16.7. The molecule has 1 heterocycles. The number of rotatable bonds is 4. The Kier molecular flexibility index (Phi) is 4.57. The molecule has 1 atom stereocenters. The van der Waals surface area contributed by atoms with Crippen LogP contribution in [0.25, 0.3) is 11.6 Å². The number of nitrogens with zero attached hydrogens (tertiary/aromatic N) is 1. The SMILES string of the molecule is O=C(CNC1CCCCC1)NC1Cc2cncc3c2=C1CC(O)=CC=3. The smallest absolute Gasteiger partial charge is 0.234 e. The van der Waals surface area contributed by atoms with E-state index >= 15 is 0 Å². The second-order valence-electron chi connectivity index (χ2n) is 7.33. The zero-order valence-corrected chi connectivity index (χ0v) is 14.4. The van der Waals surface area contributed by atoms with E-state index in [-0.39, 0.29) is 11.9 Å². The molecule has 0 saturated heterocycles. The monoisotopic (exact) mass is 339 g/mol. The predicted octanol–water partition coefficient (Wildman–Crippen LogP) is 0.822. The molecule has 5 heteroatoms. The van der Waals surface area contributed by atoms with Gasteiger partial charge in [0, 0.05) is 30.1 Å². The molecule has 0 aromatic carbocycles. The third kappa shape index (κ3) is 3.47. The van der Waals surface area contributed by atoms with Crippen LogP contribution in [0.15, 0.2) is 24.2 Å². The minimum atomic E-state index is -0.0549. The number of pyridine rings is 1. The Labute approximate surface area is 147 Å². The van der Waals surface area contributed by atoms with Gasteiger partial charge in [-0.1, -0.05) is 19.3 Å². The third-order valence-corrected chi connectivity index (χ3v) is 5.54. The minimum absolute atomic E-state index is 0.0297. The van der Waals surface area contributed by atoms with Crippen molar-refractivity contribution in [2.45, 2.75) is 57.0 Å². The van der Waals surface area contributed by atoms with Gasteiger partial charge in [0.15, 0.2) is 0 Å². The lowest BCUT2D eigenvalue weighted by molar-refractivity contribution is -0.120. The summed E-state index contributed by atoms with van der Waals surface area (Å²) in [6.45, 7) is 0.365. The van der Waals surface area contributed by atoms with Gasteiger partial charge >= 0.3 is 0 Å². The van der Waals surface area contributed by atoms with Crippen molar-refractivity contribution in [1.29, 1.82) is 0 Å².